The number of halogens is 1. The summed E-state index contributed by atoms with van der Waals surface area (Å²) in [5.41, 5.74) is 0.604. The largest absolute Gasteiger partial charge is 0.336 e. The molecule has 94 valence electrons. The molecule has 1 aromatic rings. The first-order valence-corrected chi connectivity index (χ1v) is 6.50. The van der Waals surface area contributed by atoms with Crippen molar-refractivity contribution in [3.8, 4) is 6.07 Å². The number of nitrogens with zero attached hydrogens (tertiary/aromatic N) is 4. The molecule has 1 aliphatic rings. The van der Waals surface area contributed by atoms with Crippen molar-refractivity contribution in [1.82, 2.24) is 14.8 Å². The van der Waals surface area contributed by atoms with Gasteiger partial charge in [0.15, 0.2) is 0 Å². The number of pyridine rings is 1. The average molecular weight is 309 g/mol. The average Bonchev–Trinajstić information content (AvgIpc) is 2.40. The summed E-state index contributed by atoms with van der Waals surface area (Å²) in [7, 11) is 0. The summed E-state index contributed by atoms with van der Waals surface area (Å²) in [5, 5.41) is 8.61. The van der Waals surface area contributed by atoms with Crippen molar-refractivity contribution in [1.29, 1.82) is 5.26 Å². The Labute approximate surface area is 114 Å². The second kappa shape index (κ2) is 5.94. The predicted octanol–water partition coefficient (Wildman–Crippen LogP) is 1.13. The van der Waals surface area contributed by atoms with E-state index in [9.17, 15) is 4.79 Å². The van der Waals surface area contributed by atoms with E-state index < -0.39 is 0 Å². The fourth-order valence-corrected chi connectivity index (χ4v) is 2.13. The molecule has 5 nitrogen and oxygen atoms in total. The maximum Gasteiger partial charge on any atom is 0.255 e. The number of carbonyl (C=O) groups excluding carboxylic acids is 1. The molecule has 1 saturated heterocycles. The molecule has 18 heavy (non-hydrogen) atoms. The van der Waals surface area contributed by atoms with E-state index in [1.807, 2.05) is 4.90 Å². The second-order valence-corrected chi connectivity index (χ2v) is 4.91. The molecule has 2 rings (SSSR count). The van der Waals surface area contributed by atoms with E-state index in [1.54, 1.807) is 23.2 Å². The summed E-state index contributed by atoms with van der Waals surface area (Å²) in [6.45, 7) is 3.27. The second-order valence-electron chi connectivity index (χ2n) is 4.10. The topological polar surface area (TPSA) is 60.2 Å². The molecule has 0 bridgehead atoms. The van der Waals surface area contributed by atoms with E-state index in [2.05, 4.69) is 27.0 Å². The zero-order valence-electron chi connectivity index (χ0n) is 9.84. The third kappa shape index (κ3) is 3.06. The van der Waals surface area contributed by atoms with Crippen LogP contribution in [0.15, 0.2) is 22.9 Å². The SMILES string of the molecule is N#CCN1CCN(C(=O)c2ccc(Br)nc2)CC1. The van der Waals surface area contributed by atoms with E-state index in [-0.39, 0.29) is 5.91 Å². The molecular formula is C12H13BrN4O. The van der Waals surface area contributed by atoms with Crippen LogP contribution in [0.1, 0.15) is 10.4 Å². The number of aromatic nitrogens is 1. The van der Waals surface area contributed by atoms with Gasteiger partial charge in [-0.1, -0.05) is 0 Å². The van der Waals surface area contributed by atoms with Crippen molar-refractivity contribution in [3.05, 3.63) is 28.5 Å². The Morgan fingerprint density at radius 2 is 2.11 bits per heavy atom. The van der Waals surface area contributed by atoms with Crippen LogP contribution in [0.3, 0.4) is 0 Å². The lowest BCUT2D eigenvalue weighted by Gasteiger charge is -2.33. The van der Waals surface area contributed by atoms with Gasteiger partial charge in [0, 0.05) is 32.4 Å². The van der Waals surface area contributed by atoms with Crippen molar-refractivity contribution < 1.29 is 4.79 Å². The molecule has 1 aliphatic heterocycles. The zero-order chi connectivity index (χ0) is 13.0. The van der Waals surface area contributed by atoms with Crippen molar-refractivity contribution >= 4 is 21.8 Å². The highest BCUT2D eigenvalue weighted by molar-refractivity contribution is 9.10. The minimum absolute atomic E-state index is 0.00612. The molecule has 6 heteroatoms. The Kier molecular flexibility index (Phi) is 4.28. The van der Waals surface area contributed by atoms with Crippen LogP contribution in [0.4, 0.5) is 0 Å². The molecule has 1 aromatic heterocycles. The van der Waals surface area contributed by atoms with E-state index in [0.717, 1.165) is 17.7 Å². The van der Waals surface area contributed by atoms with Crippen LogP contribution in [-0.2, 0) is 0 Å². The van der Waals surface area contributed by atoms with Crippen molar-refractivity contribution in [2.75, 3.05) is 32.7 Å². The van der Waals surface area contributed by atoms with E-state index in [4.69, 9.17) is 5.26 Å². The molecule has 0 atom stereocenters. The van der Waals surface area contributed by atoms with Gasteiger partial charge in [-0.2, -0.15) is 5.26 Å². The van der Waals surface area contributed by atoms with Crippen LogP contribution in [0.2, 0.25) is 0 Å². The maximum atomic E-state index is 12.2. The molecule has 0 spiro atoms. The molecule has 0 N–H and O–H groups in total. The molecule has 0 unspecified atom stereocenters. The molecule has 0 radical (unpaired) electrons. The van der Waals surface area contributed by atoms with Gasteiger partial charge in [0.1, 0.15) is 4.60 Å². The van der Waals surface area contributed by atoms with Gasteiger partial charge in [-0.3, -0.25) is 9.69 Å². The number of hydrogen-bond acceptors (Lipinski definition) is 4. The first-order chi connectivity index (χ1) is 8.70. The fourth-order valence-electron chi connectivity index (χ4n) is 1.89. The number of rotatable bonds is 2. The lowest BCUT2D eigenvalue weighted by molar-refractivity contribution is 0.0651. The van der Waals surface area contributed by atoms with Crippen LogP contribution in [0.25, 0.3) is 0 Å². The van der Waals surface area contributed by atoms with Crippen LogP contribution >= 0.6 is 15.9 Å². The number of piperazine rings is 1. The maximum absolute atomic E-state index is 12.2. The Morgan fingerprint density at radius 3 is 2.67 bits per heavy atom. The highest BCUT2D eigenvalue weighted by atomic mass is 79.9. The molecule has 0 saturated carbocycles. The summed E-state index contributed by atoms with van der Waals surface area (Å²) < 4.78 is 0.720. The Hall–Kier alpha value is -1.45. The minimum atomic E-state index is 0.00612. The number of hydrogen-bond donors (Lipinski definition) is 0. The molecule has 1 fully saturated rings. The van der Waals surface area contributed by atoms with Gasteiger partial charge in [0.05, 0.1) is 18.2 Å². The van der Waals surface area contributed by atoms with E-state index in [0.29, 0.717) is 25.2 Å². The number of nitriles is 1. The number of carbonyl (C=O) groups is 1. The summed E-state index contributed by atoms with van der Waals surface area (Å²) in [5.74, 6) is 0.00612. The monoisotopic (exact) mass is 308 g/mol. The van der Waals surface area contributed by atoms with Crippen LogP contribution in [0.5, 0.6) is 0 Å². The molecule has 1 amide bonds. The molecule has 0 aromatic carbocycles. The third-order valence-corrected chi connectivity index (χ3v) is 3.40. The standard InChI is InChI=1S/C12H13BrN4O/c13-11-2-1-10(9-15-11)12(18)17-7-5-16(4-3-14)6-8-17/h1-2,9H,4-8H2. The van der Waals surface area contributed by atoms with Gasteiger partial charge >= 0.3 is 0 Å². The summed E-state index contributed by atoms with van der Waals surface area (Å²) in [6.07, 6.45) is 1.58. The number of amides is 1. The van der Waals surface area contributed by atoms with Gasteiger partial charge in [-0.05, 0) is 28.1 Å². The quantitative estimate of drug-likeness (QED) is 0.607. The lowest BCUT2D eigenvalue weighted by Crippen LogP contribution is -2.48. The van der Waals surface area contributed by atoms with Crippen LogP contribution < -0.4 is 0 Å². The Bertz CT molecular complexity index is 460. The third-order valence-electron chi connectivity index (χ3n) is 2.93. The summed E-state index contributed by atoms with van der Waals surface area (Å²) in [4.78, 5) is 20.1. The molecular weight excluding hydrogens is 296 g/mol. The first kappa shape index (κ1) is 13.0. The summed E-state index contributed by atoms with van der Waals surface area (Å²) in [6, 6.07) is 5.65. The minimum Gasteiger partial charge on any atom is -0.336 e. The van der Waals surface area contributed by atoms with Gasteiger partial charge in [0.2, 0.25) is 0 Å². The lowest BCUT2D eigenvalue weighted by atomic mass is 10.2. The predicted molar refractivity (Wildman–Crippen MR) is 69.9 cm³/mol. The van der Waals surface area contributed by atoms with E-state index >= 15 is 0 Å². The van der Waals surface area contributed by atoms with Gasteiger partial charge < -0.3 is 4.90 Å². The highest BCUT2D eigenvalue weighted by Crippen LogP contribution is 2.10. The Balaban J connectivity index is 1.95. The van der Waals surface area contributed by atoms with Gasteiger partial charge in [0.25, 0.3) is 5.91 Å². The van der Waals surface area contributed by atoms with E-state index in [1.165, 1.54) is 0 Å². The zero-order valence-corrected chi connectivity index (χ0v) is 11.4. The van der Waals surface area contributed by atoms with Crippen LogP contribution in [0, 0.1) is 11.3 Å². The van der Waals surface area contributed by atoms with Gasteiger partial charge in [-0.25, -0.2) is 4.98 Å². The van der Waals surface area contributed by atoms with Crippen molar-refractivity contribution in [2.45, 2.75) is 0 Å². The fraction of sp³-hybridized carbons (Fsp3) is 0.417. The Morgan fingerprint density at radius 1 is 1.39 bits per heavy atom. The highest BCUT2D eigenvalue weighted by Gasteiger charge is 2.21. The molecule has 2 heterocycles. The van der Waals surface area contributed by atoms with Gasteiger partial charge in [-0.15, -0.1) is 0 Å². The van der Waals surface area contributed by atoms with Crippen molar-refractivity contribution in [2.24, 2.45) is 0 Å². The first-order valence-electron chi connectivity index (χ1n) is 5.71. The summed E-state index contributed by atoms with van der Waals surface area (Å²) >= 11 is 3.24. The van der Waals surface area contributed by atoms with Crippen molar-refractivity contribution in [3.63, 3.8) is 0 Å². The molecule has 0 aliphatic carbocycles. The smallest absolute Gasteiger partial charge is 0.255 e. The normalized spacial score (nSPS) is 16.3. The van der Waals surface area contributed by atoms with Crippen LogP contribution in [-0.4, -0.2) is 53.4 Å².